The summed E-state index contributed by atoms with van der Waals surface area (Å²) in [6.07, 6.45) is 4.43. The van der Waals surface area contributed by atoms with Crippen molar-refractivity contribution in [3.05, 3.63) is 0 Å². The van der Waals surface area contributed by atoms with E-state index in [1.165, 1.54) is 4.90 Å². The average Bonchev–Trinajstić information content (AvgIpc) is 3.19. The smallest absolute Gasteiger partial charge is 0.326 e. The van der Waals surface area contributed by atoms with E-state index in [1.54, 1.807) is 0 Å². The molecule has 3 aliphatic heterocycles. The van der Waals surface area contributed by atoms with Crippen LogP contribution in [0.4, 0.5) is 4.79 Å². The zero-order chi connectivity index (χ0) is 16.4. The Morgan fingerprint density at radius 3 is 2.91 bits per heavy atom. The number of carboxylic acid groups (broad SMARTS) is 1. The van der Waals surface area contributed by atoms with Crippen LogP contribution in [0.2, 0.25) is 0 Å². The lowest BCUT2D eigenvalue weighted by Crippen LogP contribution is -2.40. The molecule has 3 amide bonds. The van der Waals surface area contributed by atoms with Gasteiger partial charge in [0.25, 0.3) is 0 Å². The van der Waals surface area contributed by atoms with E-state index in [2.05, 4.69) is 10.6 Å². The quantitative estimate of drug-likeness (QED) is 0.490. The summed E-state index contributed by atoms with van der Waals surface area (Å²) in [7, 11) is 0. The minimum absolute atomic E-state index is 0.0392. The number of hydrogen-bond acceptors (Lipinski definition) is 4. The highest BCUT2D eigenvalue weighted by Crippen LogP contribution is 2.33. The van der Waals surface area contributed by atoms with Gasteiger partial charge in [0.05, 0.1) is 12.1 Å². The second-order valence-corrected chi connectivity index (χ2v) is 7.72. The number of thioether (sulfide) groups is 1. The van der Waals surface area contributed by atoms with Crippen LogP contribution in [0.15, 0.2) is 0 Å². The van der Waals surface area contributed by atoms with Crippen molar-refractivity contribution in [3.63, 3.8) is 0 Å². The molecule has 3 saturated heterocycles. The molecular weight excluding hydrogens is 318 g/mol. The van der Waals surface area contributed by atoms with Crippen molar-refractivity contribution in [2.24, 2.45) is 0 Å². The molecule has 7 nitrogen and oxygen atoms in total. The Hall–Kier alpha value is -1.44. The molecule has 0 aliphatic carbocycles. The van der Waals surface area contributed by atoms with E-state index in [-0.39, 0.29) is 24.0 Å². The minimum Gasteiger partial charge on any atom is -0.480 e. The van der Waals surface area contributed by atoms with E-state index < -0.39 is 12.0 Å². The van der Waals surface area contributed by atoms with Crippen molar-refractivity contribution in [1.29, 1.82) is 0 Å². The lowest BCUT2D eigenvalue weighted by Gasteiger charge is -2.21. The zero-order valence-electron chi connectivity index (χ0n) is 13.0. The summed E-state index contributed by atoms with van der Waals surface area (Å²) >= 11 is 1.87. The maximum atomic E-state index is 12.2. The first-order chi connectivity index (χ1) is 11.1. The second-order valence-electron chi connectivity index (χ2n) is 6.45. The van der Waals surface area contributed by atoms with Crippen molar-refractivity contribution < 1.29 is 19.5 Å². The zero-order valence-corrected chi connectivity index (χ0v) is 13.8. The van der Waals surface area contributed by atoms with Crippen LogP contribution in [0, 0.1) is 0 Å². The Kier molecular flexibility index (Phi) is 4.99. The predicted octanol–water partition coefficient (Wildman–Crippen LogP) is 0.788. The highest BCUT2D eigenvalue weighted by Gasteiger charge is 2.42. The van der Waals surface area contributed by atoms with Gasteiger partial charge in [-0.25, -0.2) is 9.59 Å². The summed E-state index contributed by atoms with van der Waals surface area (Å²) in [5.74, 6) is 0.0116. The molecule has 0 aromatic rings. The third-order valence-corrected chi connectivity index (χ3v) is 6.43. The van der Waals surface area contributed by atoms with Gasteiger partial charge in [-0.15, -0.1) is 0 Å². The number of aliphatic carboxylic acids is 1. The van der Waals surface area contributed by atoms with Gasteiger partial charge in [0.1, 0.15) is 6.04 Å². The van der Waals surface area contributed by atoms with E-state index in [9.17, 15) is 14.4 Å². The van der Waals surface area contributed by atoms with E-state index in [1.807, 2.05) is 11.8 Å². The van der Waals surface area contributed by atoms with Gasteiger partial charge in [0, 0.05) is 24.0 Å². The van der Waals surface area contributed by atoms with Crippen molar-refractivity contribution in [1.82, 2.24) is 15.5 Å². The number of likely N-dealkylation sites (tertiary alicyclic amines) is 1. The first kappa shape index (κ1) is 16.4. The molecule has 0 aromatic carbocycles. The Labute approximate surface area is 139 Å². The fourth-order valence-electron chi connectivity index (χ4n) is 3.73. The maximum Gasteiger partial charge on any atom is 0.326 e. The predicted molar refractivity (Wildman–Crippen MR) is 86.3 cm³/mol. The highest BCUT2D eigenvalue weighted by molar-refractivity contribution is 8.00. The number of unbranched alkanes of at least 4 members (excludes halogenated alkanes) is 1. The fourth-order valence-corrected chi connectivity index (χ4v) is 5.27. The van der Waals surface area contributed by atoms with Crippen LogP contribution >= 0.6 is 11.8 Å². The lowest BCUT2D eigenvalue weighted by molar-refractivity contribution is -0.148. The number of amides is 3. The number of nitrogens with zero attached hydrogens (tertiary/aromatic N) is 1. The second kappa shape index (κ2) is 6.98. The van der Waals surface area contributed by atoms with Crippen LogP contribution in [0.25, 0.3) is 0 Å². The van der Waals surface area contributed by atoms with Gasteiger partial charge in [0.15, 0.2) is 0 Å². The number of nitrogens with one attached hydrogen (secondary N) is 2. The molecule has 23 heavy (non-hydrogen) atoms. The number of urea groups is 1. The van der Waals surface area contributed by atoms with E-state index >= 15 is 0 Å². The summed E-state index contributed by atoms with van der Waals surface area (Å²) in [6.45, 7) is 0.565. The van der Waals surface area contributed by atoms with Crippen molar-refractivity contribution in [2.45, 2.75) is 61.9 Å². The van der Waals surface area contributed by atoms with Crippen LogP contribution in [-0.4, -0.2) is 63.6 Å². The molecule has 3 heterocycles. The standard InChI is InChI=1S/C15H23N3O4S/c19-12(18-7-3-4-10(18)14(20)21)6-2-1-5-11-13-9(8-23-11)16-15(22)17-13/h9-11,13H,1-8H2,(H,20,21)(H2,16,17,22)/t9?,10-,11?,13?/m1/s1. The molecule has 8 heteroatoms. The van der Waals surface area contributed by atoms with Gasteiger partial charge in [-0.3, -0.25) is 4.79 Å². The first-order valence-electron chi connectivity index (χ1n) is 8.27. The molecule has 4 atom stereocenters. The minimum atomic E-state index is -0.895. The Morgan fingerprint density at radius 2 is 2.13 bits per heavy atom. The summed E-state index contributed by atoms with van der Waals surface area (Å²) in [5.41, 5.74) is 0. The SMILES string of the molecule is O=C1NC2CSC(CCCCC(=O)N3CCC[C@@H]3C(=O)O)C2N1. The topological polar surface area (TPSA) is 98.7 Å². The molecule has 0 aromatic heterocycles. The third kappa shape index (κ3) is 3.57. The first-order valence-corrected chi connectivity index (χ1v) is 9.32. The molecule has 3 rings (SSSR count). The fraction of sp³-hybridized carbons (Fsp3) is 0.800. The molecular formula is C15H23N3O4S. The third-order valence-electron chi connectivity index (χ3n) is 4.93. The molecule has 0 radical (unpaired) electrons. The van der Waals surface area contributed by atoms with Crippen LogP contribution in [0.5, 0.6) is 0 Å². The van der Waals surface area contributed by atoms with Gasteiger partial charge >= 0.3 is 12.0 Å². The van der Waals surface area contributed by atoms with Crippen molar-refractivity contribution in [2.75, 3.05) is 12.3 Å². The number of carboxylic acids is 1. The summed E-state index contributed by atoms with van der Waals surface area (Å²) in [5, 5.41) is 15.4. The van der Waals surface area contributed by atoms with Gasteiger partial charge < -0.3 is 20.6 Å². The van der Waals surface area contributed by atoms with E-state index in [4.69, 9.17) is 5.11 Å². The van der Waals surface area contributed by atoms with Crippen LogP contribution in [0.3, 0.4) is 0 Å². The summed E-state index contributed by atoms with van der Waals surface area (Å²) in [4.78, 5) is 36.1. The average molecular weight is 341 g/mol. The van der Waals surface area contributed by atoms with Gasteiger partial charge in [0.2, 0.25) is 5.91 Å². The van der Waals surface area contributed by atoms with Crippen molar-refractivity contribution in [3.8, 4) is 0 Å². The molecule has 3 N–H and O–H groups in total. The van der Waals surface area contributed by atoms with Gasteiger partial charge in [-0.1, -0.05) is 6.42 Å². The number of fused-ring (bicyclic) bond motifs is 1. The lowest BCUT2D eigenvalue weighted by atomic mass is 10.0. The molecule has 0 bridgehead atoms. The maximum absolute atomic E-state index is 12.2. The molecule has 3 aliphatic rings. The summed E-state index contributed by atoms with van der Waals surface area (Å²) in [6, 6.07) is -0.263. The molecule has 3 unspecified atom stereocenters. The number of rotatable bonds is 6. The largest absolute Gasteiger partial charge is 0.480 e. The number of hydrogen-bond donors (Lipinski definition) is 3. The van der Waals surface area contributed by atoms with Crippen LogP contribution in [0.1, 0.15) is 38.5 Å². The molecule has 3 fully saturated rings. The Bertz CT molecular complexity index is 501. The normalized spacial score (nSPS) is 32.5. The monoisotopic (exact) mass is 341 g/mol. The highest BCUT2D eigenvalue weighted by atomic mass is 32.2. The van der Waals surface area contributed by atoms with Gasteiger partial charge in [-0.05, 0) is 25.7 Å². The molecule has 0 saturated carbocycles. The van der Waals surface area contributed by atoms with E-state index in [0.717, 1.165) is 31.4 Å². The van der Waals surface area contributed by atoms with Crippen LogP contribution < -0.4 is 10.6 Å². The van der Waals surface area contributed by atoms with Crippen LogP contribution in [-0.2, 0) is 9.59 Å². The molecule has 128 valence electrons. The van der Waals surface area contributed by atoms with Crippen molar-refractivity contribution >= 4 is 29.7 Å². The number of carbonyl (C=O) groups excluding carboxylic acids is 2. The molecule has 0 spiro atoms. The Morgan fingerprint density at radius 1 is 1.30 bits per heavy atom. The Balaban J connectivity index is 1.38. The number of carbonyl (C=O) groups is 3. The van der Waals surface area contributed by atoms with E-state index in [0.29, 0.717) is 24.6 Å². The van der Waals surface area contributed by atoms with Gasteiger partial charge in [-0.2, -0.15) is 11.8 Å². The summed E-state index contributed by atoms with van der Waals surface area (Å²) < 4.78 is 0.